The van der Waals surface area contributed by atoms with Crippen LogP contribution in [0.3, 0.4) is 0 Å². The first-order chi connectivity index (χ1) is 14.9. The summed E-state index contributed by atoms with van der Waals surface area (Å²) < 4.78 is 19.1. The van der Waals surface area contributed by atoms with Gasteiger partial charge in [-0.15, -0.1) is 0 Å². The third kappa shape index (κ3) is 4.38. The molecule has 7 nitrogen and oxygen atoms in total. The number of benzene rings is 2. The molecule has 1 saturated carbocycles. The van der Waals surface area contributed by atoms with Gasteiger partial charge in [-0.25, -0.2) is 9.18 Å². The number of nitrogens with zero attached hydrogens (tertiary/aromatic N) is 1. The van der Waals surface area contributed by atoms with Gasteiger partial charge in [0.25, 0.3) is 5.91 Å². The Balaban J connectivity index is 1.44. The highest BCUT2D eigenvalue weighted by Crippen LogP contribution is 2.36. The SMILES string of the molecule is CC1CCC2(CC1)NC(=O)N(CC(=O)Nc1ccccc1Oc1cccc(F)c1)C2=O. The van der Waals surface area contributed by atoms with E-state index >= 15 is 0 Å². The van der Waals surface area contributed by atoms with Crippen LogP contribution < -0.4 is 15.4 Å². The minimum absolute atomic E-state index is 0.282. The summed E-state index contributed by atoms with van der Waals surface area (Å²) in [4.78, 5) is 39.0. The first-order valence-corrected chi connectivity index (χ1v) is 10.3. The monoisotopic (exact) mass is 425 g/mol. The molecule has 2 aliphatic rings. The van der Waals surface area contributed by atoms with Crippen molar-refractivity contribution < 1.29 is 23.5 Å². The van der Waals surface area contributed by atoms with Crippen molar-refractivity contribution >= 4 is 23.5 Å². The smallest absolute Gasteiger partial charge is 0.325 e. The Kier molecular flexibility index (Phi) is 5.63. The van der Waals surface area contributed by atoms with Crippen molar-refractivity contribution in [1.29, 1.82) is 0 Å². The second kappa shape index (κ2) is 8.37. The normalized spacial score (nSPS) is 23.0. The molecule has 0 unspecified atom stereocenters. The van der Waals surface area contributed by atoms with Gasteiger partial charge < -0.3 is 15.4 Å². The molecule has 0 radical (unpaired) electrons. The molecule has 8 heteroatoms. The van der Waals surface area contributed by atoms with E-state index in [-0.39, 0.29) is 11.7 Å². The summed E-state index contributed by atoms with van der Waals surface area (Å²) in [5.41, 5.74) is -0.535. The van der Waals surface area contributed by atoms with Crippen LogP contribution in [0.15, 0.2) is 48.5 Å². The summed E-state index contributed by atoms with van der Waals surface area (Å²) in [7, 11) is 0. The second-order valence-corrected chi connectivity index (χ2v) is 8.19. The van der Waals surface area contributed by atoms with Gasteiger partial charge >= 0.3 is 6.03 Å². The number of nitrogens with one attached hydrogen (secondary N) is 2. The molecule has 1 spiro atoms. The minimum atomic E-state index is -0.887. The molecule has 1 aliphatic heterocycles. The summed E-state index contributed by atoms with van der Waals surface area (Å²) in [5, 5.41) is 5.49. The maximum atomic E-state index is 13.4. The van der Waals surface area contributed by atoms with E-state index in [1.807, 2.05) is 0 Å². The summed E-state index contributed by atoms with van der Waals surface area (Å²) in [6.45, 7) is 1.74. The Morgan fingerprint density at radius 2 is 1.94 bits per heavy atom. The van der Waals surface area contributed by atoms with Crippen molar-refractivity contribution in [1.82, 2.24) is 10.2 Å². The van der Waals surface area contributed by atoms with Crippen LogP contribution in [-0.4, -0.2) is 34.8 Å². The number of hydrogen-bond donors (Lipinski definition) is 2. The van der Waals surface area contributed by atoms with Crippen LogP contribution in [0.5, 0.6) is 11.5 Å². The molecule has 2 N–H and O–H groups in total. The summed E-state index contributed by atoms with van der Waals surface area (Å²) in [5.74, 6) is -0.199. The second-order valence-electron chi connectivity index (χ2n) is 8.19. The van der Waals surface area contributed by atoms with Gasteiger partial charge in [0.15, 0.2) is 5.75 Å². The maximum absolute atomic E-state index is 13.4. The van der Waals surface area contributed by atoms with Gasteiger partial charge in [0.05, 0.1) is 5.69 Å². The van der Waals surface area contributed by atoms with E-state index < -0.39 is 29.8 Å². The molecular weight excluding hydrogens is 401 g/mol. The minimum Gasteiger partial charge on any atom is -0.455 e. The molecule has 4 rings (SSSR count). The molecule has 2 aromatic rings. The zero-order chi connectivity index (χ0) is 22.0. The number of anilines is 1. The van der Waals surface area contributed by atoms with E-state index in [4.69, 9.17) is 4.74 Å². The zero-order valence-corrected chi connectivity index (χ0v) is 17.2. The Labute approximate surface area is 179 Å². The van der Waals surface area contributed by atoms with Crippen molar-refractivity contribution in [2.45, 2.75) is 38.1 Å². The predicted molar refractivity (Wildman–Crippen MR) is 112 cm³/mol. The number of carbonyl (C=O) groups is 3. The van der Waals surface area contributed by atoms with Crippen LogP contribution in [0.1, 0.15) is 32.6 Å². The van der Waals surface area contributed by atoms with Crippen LogP contribution in [0.2, 0.25) is 0 Å². The lowest BCUT2D eigenvalue weighted by atomic mass is 9.77. The molecule has 1 heterocycles. The summed E-state index contributed by atoms with van der Waals surface area (Å²) >= 11 is 0. The van der Waals surface area contributed by atoms with E-state index in [0.29, 0.717) is 30.2 Å². The van der Waals surface area contributed by atoms with Crippen LogP contribution in [-0.2, 0) is 9.59 Å². The topological polar surface area (TPSA) is 87.7 Å². The Bertz CT molecular complexity index is 1020. The molecule has 4 amide bonds. The van der Waals surface area contributed by atoms with Gasteiger partial charge in [-0.3, -0.25) is 14.5 Å². The number of rotatable bonds is 5. The Hall–Kier alpha value is -3.42. The van der Waals surface area contributed by atoms with Crippen molar-refractivity contribution in [2.75, 3.05) is 11.9 Å². The zero-order valence-electron chi connectivity index (χ0n) is 17.2. The van der Waals surface area contributed by atoms with Gasteiger partial charge in [-0.05, 0) is 55.9 Å². The van der Waals surface area contributed by atoms with E-state index in [9.17, 15) is 18.8 Å². The Morgan fingerprint density at radius 1 is 1.19 bits per heavy atom. The molecule has 1 saturated heterocycles. The fourth-order valence-electron chi connectivity index (χ4n) is 4.06. The predicted octanol–water partition coefficient (Wildman–Crippen LogP) is 4.06. The van der Waals surface area contributed by atoms with Crippen molar-refractivity contribution in [2.24, 2.45) is 5.92 Å². The first kappa shape index (κ1) is 20.8. The largest absolute Gasteiger partial charge is 0.455 e. The first-order valence-electron chi connectivity index (χ1n) is 10.3. The molecular formula is C23H24FN3O4. The average Bonchev–Trinajstić information content (AvgIpc) is 2.96. The van der Waals surface area contributed by atoms with Gasteiger partial charge in [0.2, 0.25) is 5.91 Å². The average molecular weight is 425 g/mol. The number of amides is 4. The number of halogens is 1. The molecule has 0 atom stereocenters. The number of hydrogen-bond acceptors (Lipinski definition) is 4. The van der Waals surface area contributed by atoms with Gasteiger partial charge in [-0.1, -0.05) is 25.1 Å². The fraction of sp³-hybridized carbons (Fsp3) is 0.348. The van der Waals surface area contributed by atoms with E-state index in [1.165, 1.54) is 18.2 Å². The van der Waals surface area contributed by atoms with Crippen LogP contribution in [0.25, 0.3) is 0 Å². The molecule has 1 aliphatic carbocycles. The number of urea groups is 1. The van der Waals surface area contributed by atoms with Crippen LogP contribution >= 0.6 is 0 Å². The summed E-state index contributed by atoms with van der Waals surface area (Å²) in [6.07, 6.45) is 2.88. The standard InChI is InChI=1S/C23H24FN3O4/c1-15-9-11-23(12-10-15)21(29)27(22(30)26-23)14-20(28)25-18-7-2-3-8-19(18)31-17-6-4-5-16(24)13-17/h2-8,13,15H,9-12,14H2,1H3,(H,25,28)(H,26,30). The highest BCUT2D eigenvalue weighted by atomic mass is 19.1. The van der Waals surface area contributed by atoms with Crippen LogP contribution in [0, 0.1) is 11.7 Å². The lowest BCUT2D eigenvalue weighted by Crippen LogP contribution is -2.49. The lowest BCUT2D eigenvalue weighted by molar-refractivity contribution is -0.135. The lowest BCUT2D eigenvalue weighted by Gasteiger charge is -2.33. The third-order valence-electron chi connectivity index (χ3n) is 5.86. The molecule has 2 fully saturated rings. The maximum Gasteiger partial charge on any atom is 0.325 e. The van der Waals surface area contributed by atoms with Gasteiger partial charge in [0.1, 0.15) is 23.7 Å². The van der Waals surface area contributed by atoms with Crippen molar-refractivity contribution in [3.05, 3.63) is 54.3 Å². The van der Waals surface area contributed by atoms with Crippen molar-refractivity contribution in [3.63, 3.8) is 0 Å². The van der Waals surface area contributed by atoms with E-state index in [1.54, 1.807) is 30.3 Å². The number of imide groups is 1. The number of para-hydroxylation sites is 2. The molecule has 0 aromatic heterocycles. The number of ether oxygens (including phenoxy) is 1. The van der Waals surface area contributed by atoms with Gasteiger partial charge in [-0.2, -0.15) is 0 Å². The molecule has 31 heavy (non-hydrogen) atoms. The molecule has 2 aromatic carbocycles. The molecule has 0 bridgehead atoms. The van der Waals surface area contributed by atoms with Gasteiger partial charge in [0, 0.05) is 6.07 Å². The Morgan fingerprint density at radius 3 is 2.68 bits per heavy atom. The number of carbonyl (C=O) groups excluding carboxylic acids is 3. The van der Waals surface area contributed by atoms with Crippen LogP contribution in [0.4, 0.5) is 14.9 Å². The highest BCUT2D eigenvalue weighted by Gasteiger charge is 2.52. The van der Waals surface area contributed by atoms with E-state index in [0.717, 1.165) is 17.7 Å². The third-order valence-corrected chi connectivity index (χ3v) is 5.86. The fourth-order valence-corrected chi connectivity index (χ4v) is 4.06. The highest BCUT2D eigenvalue weighted by molar-refractivity contribution is 6.10. The summed E-state index contributed by atoms with van der Waals surface area (Å²) in [6, 6.07) is 11.8. The molecule has 162 valence electrons. The van der Waals surface area contributed by atoms with E-state index in [2.05, 4.69) is 17.6 Å². The quantitative estimate of drug-likeness (QED) is 0.708. The van der Waals surface area contributed by atoms with Crippen molar-refractivity contribution in [3.8, 4) is 11.5 Å².